The molecule has 0 amide bonds. The third kappa shape index (κ3) is 1.99. The molecule has 0 unspecified atom stereocenters. The maximum Gasteiger partial charge on any atom is 0.0506 e. The van der Waals surface area contributed by atoms with E-state index in [-0.39, 0.29) is 0 Å². The van der Waals surface area contributed by atoms with Crippen LogP contribution >= 0.6 is 27.5 Å². The van der Waals surface area contributed by atoms with Crippen LogP contribution in [0.1, 0.15) is 5.69 Å². The van der Waals surface area contributed by atoms with Crippen molar-refractivity contribution < 1.29 is 0 Å². The van der Waals surface area contributed by atoms with Crippen LogP contribution in [0.5, 0.6) is 0 Å². The molecule has 1 heterocycles. The minimum absolute atomic E-state index is 0.778. The zero-order chi connectivity index (χ0) is 11.7. The van der Waals surface area contributed by atoms with E-state index in [4.69, 9.17) is 11.6 Å². The highest BCUT2D eigenvalue weighted by molar-refractivity contribution is 9.10. The van der Waals surface area contributed by atoms with Crippen molar-refractivity contribution in [1.29, 1.82) is 0 Å². The van der Waals surface area contributed by atoms with Crippen LogP contribution in [0.3, 0.4) is 0 Å². The van der Waals surface area contributed by atoms with E-state index in [1.54, 1.807) is 0 Å². The summed E-state index contributed by atoms with van der Waals surface area (Å²) in [4.78, 5) is 0. The Labute approximate surface area is 109 Å². The predicted molar refractivity (Wildman–Crippen MR) is 73.3 cm³/mol. The highest BCUT2D eigenvalue weighted by Crippen LogP contribution is 2.32. The summed E-state index contributed by atoms with van der Waals surface area (Å²) in [5, 5.41) is 5.16. The summed E-state index contributed by atoms with van der Waals surface area (Å²) in [5.74, 6) is 0. The average Bonchev–Trinajstić information content (AvgIpc) is 2.50. The lowest BCUT2D eigenvalue weighted by molar-refractivity contribution is 0.743. The number of aryl methyl sites for hydroxylation is 1. The molecule has 2 rings (SSSR count). The van der Waals surface area contributed by atoms with Crippen LogP contribution in [0.4, 0.5) is 0 Å². The number of nitrogens with one attached hydrogen (secondary N) is 1. The molecule has 1 aromatic heterocycles. The first-order chi connectivity index (χ1) is 7.65. The van der Waals surface area contributed by atoms with Gasteiger partial charge in [-0.15, -0.1) is 0 Å². The fraction of sp³-hybridized carbons (Fsp3) is 0.333. The van der Waals surface area contributed by atoms with E-state index in [1.807, 2.05) is 19.2 Å². The smallest absolute Gasteiger partial charge is 0.0506 e. The molecule has 0 aliphatic carbocycles. The number of halogens is 2. The molecule has 16 heavy (non-hydrogen) atoms. The topological polar surface area (TPSA) is 17.0 Å². The number of rotatable bonds is 3. The van der Waals surface area contributed by atoms with Crippen molar-refractivity contribution in [3.63, 3.8) is 0 Å². The van der Waals surface area contributed by atoms with Crippen molar-refractivity contribution in [2.24, 2.45) is 7.05 Å². The first-order valence-corrected chi connectivity index (χ1v) is 6.39. The van der Waals surface area contributed by atoms with Gasteiger partial charge in [0.1, 0.15) is 0 Å². The van der Waals surface area contributed by atoms with Gasteiger partial charge in [0.25, 0.3) is 0 Å². The minimum Gasteiger partial charge on any atom is -0.346 e. The molecular formula is C12H14BrClN2. The van der Waals surface area contributed by atoms with E-state index in [0.29, 0.717) is 0 Å². The number of fused-ring (bicyclic) bond motifs is 1. The van der Waals surface area contributed by atoms with Crippen molar-refractivity contribution in [3.8, 4) is 0 Å². The average molecular weight is 302 g/mol. The lowest BCUT2D eigenvalue weighted by Gasteiger charge is -2.04. The second-order valence-electron chi connectivity index (χ2n) is 3.83. The Morgan fingerprint density at radius 3 is 2.88 bits per heavy atom. The van der Waals surface area contributed by atoms with Crippen molar-refractivity contribution in [3.05, 3.63) is 33.4 Å². The number of benzene rings is 1. The standard InChI is InChI=1S/C12H14BrClN2/c1-15-6-5-10-12(13)9-4-3-8(14)7-11(9)16(10)2/h3-4,7,15H,5-6H2,1-2H3. The maximum atomic E-state index is 6.02. The third-order valence-corrected chi connectivity index (χ3v) is 3.95. The molecule has 1 N–H and O–H groups in total. The van der Waals surface area contributed by atoms with Crippen molar-refractivity contribution >= 4 is 38.4 Å². The van der Waals surface area contributed by atoms with E-state index < -0.39 is 0 Å². The Morgan fingerprint density at radius 2 is 2.19 bits per heavy atom. The van der Waals surface area contributed by atoms with Gasteiger partial charge in [-0.05, 0) is 35.1 Å². The highest BCUT2D eigenvalue weighted by Gasteiger charge is 2.12. The second-order valence-corrected chi connectivity index (χ2v) is 5.06. The monoisotopic (exact) mass is 300 g/mol. The van der Waals surface area contributed by atoms with E-state index in [1.165, 1.54) is 21.1 Å². The van der Waals surface area contributed by atoms with Gasteiger partial charge in [0.05, 0.1) is 5.52 Å². The van der Waals surface area contributed by atoms with Gasteiger partial charge < -0.3 is 9.88 Å². The summed E-state index contributed by atoms with van der Waals surface area (Å²) in [5.41, 5.74) is 2.47. The molecule has 1 aromatic carbocycles. The van der Waals surface area contributed by atoms with Crippen LogP contribution in [-0.4, -0.2) is 18.2 Å². The molecular weight excluding hydrogens is 288 g/mol. The van der Waals surface area contributed by atoms with Gasteiger partial charge in [-0.3, -0.25) is 0 Å². The Kier molecular flexibility index (Phi) is 3.57. The number of hydrogen-bond acceptors (Lipinski definition) is 1. The molecule has 86 valence electrons. The van der Waals surface area contributed by atoms with Gasteiger partial charge in [0, 0.05) is 40.6 Å². The van der Waals surface area contributed by atoms with Gasteiger partial charge in [0.15, 0.2) is 0 Å². The number of nitrogens with zero attached hydrogens (tertiary/aromatic N) is 1. The molecule has 0 aliphatic heterocycles. The normalized spacial score (nSPS) is 11.2. The second kappa shape index (κ2) is 4.78. The summed E-state index contributed by atoms with van der Waals surface area (Å²) in [6.45, 7) is 0.969. The highest BCUT2D eigenvalue weighted by atomic mass is 79.9. The lowest BCUT2D eigenvalue weighted by Crippen LogP contribution is -2.12. The Balaban J connectivity index is 2.57. The van der Waals surface area contributed by atoms with Gasteiger partial charge in [-0.1, -0.05) is 17.7 Å². The van der Waals surface area contributed by atoms with Crippen molar-refractivity contribution in [1.82, 2.24) is 9.88 Å². The summed E-state index contributed by atoms with van der Waals surface area (Å²) in [6.07, 6.45) is 1.000. The van der Waals surface area contributed by atoms with Crippen LogP contribution in [0.15, 0.2) is 22.7 Å². The molecule has 0 spiro atoms. The van der Waals surface area contributed by atoms with Crippen LogP contribution in [-0.2, 0) is 13.5 Å². The Hall–Kier alpha value is -0.510. The molecule has 0 saturated heterocycles. The van der Waals surface area contributed by atoms with E-state index in [0.717, 1.165) is 18.0 Å². The van der Waals surface area contributed by atoms with Crippen LogP contribution in [0.25, 0.3) is 10.9 Å². The Morgan fingerprint density at radius 1 is 1.44 bits per heavy atom. The molecule has 0 aliphatic rings. The zero-order valence-electron chi connectivity index (χ0n) is 9.35. The minimum atomic E-state index is 0.778. The zero-order valence-corrected chi connectivity index (χ0v) is 11.7. The van der Waals surface area contributed by atoms with E-state index in [9.17, 15) is 0 Å². The predicted octanol–water partition coefficient (Wildman–Crippen LogP) is 3.36. The molecule has 0 radical (unpaired) electrons. The number of hydrogen-bond donors (Lipinski definition) is 1. The summed E-state index contributed by atoms with van der Waals surface area (Å²) in [7, 11) is 4.04. The maximum absolute atomic E-state index is 6.02. The molecule has 2 nitrogen and oxygen atoms in total. The van der Waals surface area contributed by atoms with Gasteiger partial charge >= 0.3 is 0 Å². The molecule has 0 saturated carbocycles. The third-order valence-electron chi connectivity index (χ3n) is 2.83. The largest absolute Gasteiger partial charge is 0.346 e. The molecule has 2 aromatic rings. The molecule has 0 fully saturated rings. The van der Waals surface area contributed by atoms with E-state index in [2.05, 4.69) is 38.9 Å². The summed E-state index contributed by atoms with van der Waals surface area (Å²) in [6, 6.07) is 5.99. The van der Waals surface area contributed by atoms with Crippen LogP contribution in [0.2, 0.25) is 5.02 Å². The first-order valence-electron chi connectivity index (χ1n) is 5.22. The fourth-order valence-electron chi connectivity index (χ4n) is 1.94. The molecule has 4 heteroatoms. The lowest BCUT2D eigenvalue weighted by atomic mass is 10.2. The van der Waals surface area contributed by atoms with Crippen LogP contribution < -0.4 is 5.32 Å². The Bertz CT molecular complexity index is 519. The number of aromatic nitrogens is 1. The van der Waals surface area contributed by atoms with Gasteiger partial charge in [0.2, 0.25) is 0 Å². The summed E-state index contributed by atoms with van der Waals surface area (Å²) < 4.78 is 3.37. The number of likely N-dealkylation sites (N-methyl/N-ethyl adjacent to an activating group) is 1. The molecule has 0 atom stereocenters. The van der Waals surface area contributed by atoms with Crippen molar-refractivity contribution in [2.75, 3.05) is 13.6 Å². The first kappa shape index (κ1) is 12.0. The fourth-order valence-corrected chi connectivity index (χ4v) is 2.90. The van der Waals surface area contributed by atoms with Gasteiger partial charge in [-0.25, -0.2) is 0 Å². The quantitative estimate of drug-likeness (QED) is 0.920. The molecule has 0 bridgehead atoms. The van der Waals surface area contributed by atoms with E-state index >= 15 is 0 Å². The summed E-state index contributed by atoms with van der Waals surface area (Å²) >= 11 is 9.68. The van der Waals surface area contributed by atoms with Gasteiger partial charge in [-0.2, -0.15) is 0 Å². The van der Waals surface area contributed by atoms with Crippen molar-refractivity contribution in [2.45, 2.75) is 6.42 Å². The van der Waals surface area contributed by atoms with Crippen LogP contribution in [0, 0.1) is 0 Å². The SMILES string of the molecule is CNCCc1c(Br)c2ccc(Cl)cc2n1C.